The summed E-state index contributed by atoms with van der Waals surface area (Å²) in [7, 11) is 1.96. The number of allylic oxidation sites excluding steroid dienone is 2. The summed E-state index contributed by atoms with van der Waals surface area (Å²) in [5, 5.41) is 3.21. The molecule has 166 valence electrons. The smallest absolute Gasteiger partial charge is 0.228 e. The monoisotopic (exact) mass is 420 g/mol. The third-order valence-corrected chi connectivity index (χ3v) is 9.65. The second-order valence-electron chi connectivity index (χ2n) is 11.1. The van der Waals surface area contributed by atoms with Crippen molar-refractivity contribution >= 4 is 17.5 Å². The lowest BCUT2D eigenvalue weighted by Gasteiger charge is -2.58. The van der Waals surface area contributed by atoms with Crippen LogP contribution in [0.4, 0.5) is 5.69 Å². The SMILES string of the molecule is Cc1ccc(NC(=O)[C@H]2CC[C@H]3[C@@H]4CC=C5N(C)C(=O)CC[C@]5(C)[C@H]4CC[C@]23C)cc1. The molecule has 2 saturated carbocycles. The number of anilines is 1. The minimum absolute atomic E-state index is 0.0774. The standard InChI is InChI=1S/C27H36N2O2/c1-17-5-7-18(8-6-17)28-25(31)22-11-10-20-19-9-12-23-27(3,16-14-24(30)29(23)4)21(19)13-15-26(20,22)2/h5-8,12,19-22H,9-11,13-16H2,1-4H3,(H,28,31)/t19-,20-,21-,22+,26-,27+/m0/s1. The molecule has 0 bridgehead atoms. The molecular weight excluding hydrogens is 384 g/mol. The lowest BCUT2D eigenvalue weighted by atomic mass is 9.49. The number of fused-ring (bicyclic) bond motifs is 5. The van der Waals surface area contributed by atoms with Gasteiger partial charge in [-0.25, -0.2) is 0 Å². The zero-order chi connectivity index (χ0) is 22.0. The van der Waals surface area contributed by atoms with Gasteiger partial charge in [0.25, 0.3) is 0 Å². The molecule has 3 aliphatic carbocycles. The Bertz CT molecular complexity index is 935. The van der Waals surface area contributed by atoms with Gasteiger partial charge >= 0.3 is 0 Å². The van der Waals surface area contributed by atoms with Gasteiger partial charge in [0.2, 0.25) is 11.8 Å². The molecule has 4 heteroatoms. The van der Waals surface area contributed by atoms with Crippen LogP contribution in [0.3, 0.4) is 0 Å². The fourth-order valence-electron chi connectivity index (χ4n) is 7.88. The lowest BCUT2D eigenvalue weighted by Crippen LogP contribution is -2.54. The molecule has 0 spiro atoms. The van der Waals surface area contributed by atoms with Crippen molar-refractivity contribution in [3.05, 3.63) is 41.6 Å². The number of hydrogen-bond acceptors (Lipinski definition) is 2. The number of rotatable bonds is 2. The van der Waals surface area contributed by atoms with Crippen LogP contribution in [0.2, 0.25) is 0 Å². The summed E-state index contributed by atoms with van der Waals surface area (Å²) in [6.07, 6.45) is 9.49. The van der Waals surface area contributed by atoms with Crippen LogP contribution in [-0.4, -0.2) is 23.8 Å². The van der Waals surface area contributed by atoms with Crippen LogP contribution in [0.15, 0.2) is 36.0 Å². The first kappa shape index (κ1) is 20.8. The van der Waals surface area contributed by atoms with Crippen molar-refractivity contribution in [3.8, 4) is 0 Å². The van der Waals surface area contributed by atoms with Crippen LogP contribution >= 0.6 is 0 Å². The average molecular weight is 421 g/mol. The summed E-state index contributed by atoms with van der Waals surface area (Å²) in [5.74, 6) is 2.41. The average Bonchev–Trinajstić information content (AvgIpc) is 3.10. The van der Waals surface area contributed by atoms with Gasteiger partial charge in [-0.3, -0.25) is 9.59 Å². The Morgan fingerprint density at radius 3 is 2.55 bits per heavy atom. The van der Waals surface area contributed by atoms with Crippen molar-refractivity contribution in [1.29, 1.82) is 0 Å². The quantitative estimate of drug-likeness (QED) is 0.683. The van der Waals surface area contributed by atoms with Crippen LogP contribution in [0.5, 0.6) is 0 Å². The van der Waals surface area contributed by atoms with Crippen molar-refractivity contribution in [2.45, 2.75) is 65.7 Å². The van der Waals surface area contributed by atoms with Crippen LogP contribution in [-0.2, 0) is 9.59 Å². The molecule has 0 unspecified atom stereocenters. The van der Waals surface area contributed by atoms with Gasteiger partial charge in [0.1, 0.15) is 0 Å². The van der Waals surface area contributed by atoms with Gasteiger partial charge in [-0.05, 0) is 80.8 Å². The van der Waals surface area contributed by atoms with E-state index in [-0.39, 0.29) is 28.6 Å². The molecule has 6 atom stereocenters. The molecule has 1 aromatic carbocycles. The first-order valence-electron chi connectivity index (χ1n) is 12.1. The van der Waals surface area contributed by atoms with Crippen molar-refractivity contribution in [1.82, 2.24) is 4.90 Å². The highest BCUT2D eigenvalue weighted by atomic mass is 16.2. The predicted molar refractivity (Wildman–Crippen MR) is 123 cm³/mol. The molecule has 31 heavy (non-hydrogen) atoms. The van der Waals surface area contributed by atoms with Crippen LogP contribution in [0, 0.1) is 41.4 Å². The molecule has 2 amide bonds. The van der Waals surface area contributed by atoms with E-state index >= 15 is 0 Å². The van der Waals surface area contributed by atoms with Crippen molar-refractivity contribution in [3.63, 3.8) is 0 Å². The van der Waals surface area contributed by atoms with E-state index < -0.39 is 0 Å². The topological polar surface area (TPSA) is 49.4 Å². The minimum atomic E-state index is 0.0774. The summed E-state index contributed by atoms with van der Waals surface area (Å²) in [5.41, 5.74) is 3.56. The summed E-state index contributed by atoms with van der Waals surface area (Å²) in [6, 6.07) is 8.12. The maximum atomic E-state index is 13.3. The maximum absolute atomic E-state index is 13.3. The summed E-state index contributed by atoms with van der Waals surface area (Å²) >= 11 is 0. The molecule has 4 aliphatic rings. The first-order valence-corrected chi connectivity index (χ1v) is 12.1. The molecule has 0 aromatic heterocycles. The normalized spacial score (nSPS) is 39.3. The minimum Gasteiger partial charge on any atom is -0.326 e. The molecule has 5 rings (SSSR count). The lowest BCUT2D eigenvalue weighted by molar-refractivity contribution is -0.137. The van der Waals surface area contributed by atoms with Crippen molar-refractivity contribution in [2.24, 2.45) is 34.5 Å². The van der Waals surface area contributed by atoms with Gasteiger partial charge in [-0.15, -0.1) is 0 Å². The third kappa shape index (κ3) is 3.08. The number of nitrogens with zero attached hydrogens (tertiary/aromatic N) is 1. The molecule has 1 saturated heterocycles. The van der Waals surface area contributed by atoms with Crippen molar-refractivity contribution in [2.75, 3.05) is 12.4 Å². The van der Waals surface area contributed by atoms with Gasteiger partial charge in [0.05, 0.1) is 0 Å². The Kier molecular flexibility index (Phi) is 4.84. The largest absolute Gasteiger partial charge is 0.326 e. The number of aryl methyl sites for hydroxylation is 1. The number of amides is 2. The van der Waals surface area contributed by atoms with Gasteiger partial charge in [0.15, 0.2) is 0 Å². The van der Waals surface area contributed by atoms with Gasteiger partial charge in [-0.2, -0.15) is 0 Å². The molecule has 3 fully saturated rings. The number of nitrogens with one attached hydrogen (secondary N) is 1. The number of hydrogen-bond donors (Lipinski definition) is 1. The van der Waals surface area contributed by atoms with Crippen molar-refractivity contribution < 1.29 is 9.59 Å². The molecule has 1 aliphatic heterocycles. The van der Waals surface area contributed by atoms with E-state index in [1.54, 1.807) is 0 Å². The van der Waals surface area contributed by atoms with Crippen LogP contribution in [0.25, 0.3) is 0 Å². The summed E-state index contributed by atoms with van der Waals surface area (Å²) in [4.78, 5) is 27.6. The molecule has 1 N–H and O–H groups in total. The third-order valence-electron chi connectivity index (χ3n) is 9.65. The van der Waals surface area contributed by atoms with Crippen LogP contribution in [0.1, 0.15) is 64.4 Å². The Morgan fingerprint density at radius 1 is 1.06 bits per heavy atom. The van der Waals surface area contributed by atoms with E-state index in [4.69, 9.17) is 0 Å². The molecular formula is C27H36N2O2. The number of carbonyl (C=O) groups excluding carboxylic acids is 2. The molecule has 1 heterocycles. The predicted octanol–water partition coefficient (Wildman–Crippen LogP) is 5.54. The highest BCUT2D eigenvalue weighted by Crippen LogP contribution is 2.66. The number of likely N-dealkylation sites (tertiary alicyclic amines) is 1. The zero-order valence-corrected chi connectivity index (χ0v) is 19.4. The van der Waals surface area contributed by atoms with E-state index in [0.717, 1.165) is 37.8 Å². The second-order valence-corrected chi connectivity index (χ2v) is 11.1. The first-order chi connectivity index (χ1) is 14.7. The van der Waals surface area contributed by atoms with E-state index in [9.17, 15) is 9.59 Å². The van der Waals surface area contributed by atoms with Crippen LogP contribution < -0.4 is 5.32 Å². The maximum Gasteiger partial charge on any atom is 0.228 e. The Hall–Kier alpha value is -2.10. The number of carbonyl (C=O) groups is 2. The van der Waals surface area contributed by atoms with Gasteiger partial charge < -0.3 is 10.2 Å². The number of benzene rings is 1. The highest BCUT2D eigenvalue weighted by molar-refractivity contribution is 5.93. The van der Waals surface area contributed by atoms with E-state index in [1.165, 1.54) is 17.7 Å². The van der Waals surface area contributed by atoms with Gasteiger partial charge in [0, 0.05) is 36.2 Å². The fraction of sp³-hybridized carbons (Fsp3) is 0.630. The Morgan fingerprint density at radius 2 is 1.81 bits per heavy atom. The summed E-state index contributed by atoms with van der Waals surface area (Å²) in [6.45, 7) is 6.85. The van der Waals surface area contributed by atoms with E-state index in [0.29, 0.717) is 24.2 Å². The molecule has 1 aromatic rings. The van der Waals surface area contributed by atoms with E-state index in [2.05, 4.69) is 44.3 Å². The van der Waals surface area contributed by atoms with Gasteiger partial charge in [-0.1, -0.05) is 37.6 Å². The molecule has 0 radical (unpaired) electrons. The Balaban J connectivity index is 1.38. The van der Waals surface area contributed by atoms with E-state index in [1.807, 2.05) is 24.1 Å². The Labute approximate surface area is 186 Å². The fourth-order valence-corrected chi connectivity index (χ4v) is 7.88. The zero-order valence-electron chi connectivity index (χ0n) is 19.4. The highest BCUT2D eigenvalue weighted by Gasteiger charge is 2.60. The summed E-state index contributed by atoms with van der Waals surface area (Å²) < 4.78 is 0. The molecule has 4 nitrogen and oxygen atoms in total. The second kappa shape index (κ2) is 7.21. The number of piperidine rings is 1.